The van der Waals surface area contributed by atoms with Crippen LogP contribution in [0, 0.1) is 21.7 Å². The van der Waals surface area contributed by atoms with E-state index in [1.807, 2.05) is 6.92 Å². The molecule has 8 heteroatoms. The van der Waals surface area contributed by atoms with Crippen molar-refractivity contribution in [3.8, 4) is 0 Å². The van der Waals surface area contributed by atoms with Gasteiger partial charge in [-0.1, -0.05) is 6.92 Å². The molecule has 0 aliphatic rings. The fourth-order valence-corrected chi connectivity index (χ4v) is 2.38. The highest BCUT2D eigenvalue weighted by atomic mass is 32.1. The second-order valence-electron chi connectivity index (χ2n) is 4.16. The molecule has 0 radical (unpaired) electrons. The summed E-state index contributed by atoms with van der Waals surface area (Å²) in [5, 5.41) is 16.0. The number of nitro benzene ring substituents is 1. The highest BCUT2D eigenvalue weighted by Gasteiger charge is 2.22. The summed E-state index contributed by atoms with van der Waals surface area (Å²) in [5.41, 5.74) is -0.923. The number of anilines is 1. The van der Waals surface area contributed by atoms with E-state index in [-0.39, 0.29) is 12.5 Å². The van der Waals surface area contributed by atoms with Gasteiger partial charge in [-0.2, -0.15) is 0 Å². The molecule has 1 aromatic heterocycles. The summed E-state index contributed by atoms with van der Waals surface area (Å²) in [5.74, 6) is -2.44. The first-order valence-electron chi connectivity index (χ1n) is 5.76. The van der Waals surface area contributed by atoms with Gasteiger partial charge in [0.15, 0.2) is 17.3 Å². The summed E-state index contributed by atoms with van der Waals surface area (Å²) in [7, 11) is 0. The van der Waals surface area contributed by atoms with E-state index in [9.17, 15) is 18.9 Å². The lowest BCUT2D eigenvalue weighted by Crippen LogP contribution is -2.12. The van der Waals surface area contributed by atoms with E-state index in [0.29, 0.717) is 0 Å². The number of hydrogen-bond donors (Lipinski definition) is 1. The Bertz CT molecular complexity index is 619. The molecule has 2 aromatic rings. The van der Waals surface area contributed by atoms with Crippen LogP contribution in [-0.4, -0.2) is 16.5 Å². The Hall–Kier alpha value is -2.09. The van der Waals surface area contributed by atoms with Gasteiger partial charge >= 0.3 is 0 Å². The van der Waals surface area contributed by atoms with Gasteiger partial charge in [0.2, 0.25) is 0 Å². The van der Waals surface area contributed by atoms with E-state index in [1.54, 1.807) is 11.6 Å². The predicted molar refractivity (Wildman–Crippen MR) is 72.0 cm³/mol. The van der Waals surface area contributed by atoms with Gasteiger partial charge in [-0.25, -0.2) is 13.8 Å². The summed E-state index contributed by atoms with van der Waals surface area (Å²) >= 11 is 1.43. The van der Waals surface area contributed by atoms with Crippen molar-refractivity contribution in [3.63, 3.8) is 0 Å². The third-order valence-electron chi connectivity index (χ3n) is 2.73. The number of nitrogens with zero attached hydrogens (tertiary/aromatic N) is 2. The predicted octanol–water partition coefficient (Wildman–Crippen LogP) is 3.55. The topological polar surface area (TPSA) is 68.1 Å². The van der Waals surface area contributed by atoms with E-state index in [0.717, 1.165) is 17.1 Å². The zero-order valence-electron chi connectivity index (χ0n) is 10.5. The Morgan fingerprint density at radius 2 is 2.25 bits per heavy atom. The SMILES string of the molecule is CC(CNc1c([N+](=O)[O-])ccc(F)c1F)c1nccs1. The molecule has 0 fully saturated rings. The highest BCUT2D eigenvalue weighted by Crippen LogP contribution is 2.30. The zero-order valence-corrected chi connectivity index (χ0v) is 11.3. The van der Waals surface area contributed by atoms with E-state index in [2.05, 4.69) is 10.3 Å². The van der Waals surface area contributed by atoms with Crippen LogP contribution in [0.15, 0.2) is 23.7 Å². The summed E-state index contributed by atoms with van der Waals surface area (Å²) in [6.07, 6.45) is 1.64. The number of hydrogen-bond acceptors (Lipinski definition) is 5. The third-order valence-corrected chi connectivity index (χ3v) is 3.73. The number of thiazole rings is 1. The van der Waals surface area contributed by atoms with Crippen LogP contribution in [0.25, 0.3) is 0 Å². The molecule has 20 heavy (non-hydrogen) atoms. The van der Waals surface area contributed by atoms with Crippen molar-refractivity contribution in [1.29, 1.82) is 0 Å². The maximum atomic E-state index is 13.7. The van der Waals surface area contributed by atoms with Crippen LogP contribution < -0.4 is 5.32 Å². The molecule has 1 atom stereocenters. The Kier molecular flexibility index (Phi) is 4.23. The van der Waals surface area contributed by atoms with Gasteiger partial charge in [-0.3, -0.25) is 10.1 Å². The lowest BCUT2D eigenvalue weighted by atomic mass is 10.2. The lowest BCUT2D eigenvalue weighted by molar-refractivity contribution is -0.384. The van der Waals surface area contributed by atoms with Crippen LogP contribution in [0.4, 0.5) is 20.2 Å². The summed E-state index contributed by atoms with van der Waals surface area (Å²) in [6.45, 7) is 2.06. The minimum absolute atomic E-state index is 0.0720. The summed E-state index contributed by atoms with van der Waals surface area (Å²) < 4.78 is 26.8. The molecule has 0 spiro atoms. The fraction of sp³-hybridized carbons (Fsp3) is 0.250. The van der Waals surface area contributed by atoms with Crippen molar-refractivity contribution in [2.45, 2.75) is 12.8 Å². The highest BCUT2D eigenvalue weighted by molar-refractivity contribution is 7.09. The minimum Gasteiger partial charge on any atom is -0.376 e. The Morgan fingerprint density at radius 1 is 1.50 bits per heavy atom. The number of rotatable bonds is 5. The van der Waals surface area contributed by atoms with Crippen molar-refractivity contribution in [3.05, 3.63) is 50.5 Å². The van der Waals surface area contributed by atoms with Crippen molar-refractivity contribution in [2.24, 2.45) is 0 Å². The number of halogens is 2. The summed E-state index contributed by atoms with van der Waals surface area (Å²) in [6, 6.07) is 1.68. The zero-order chi connectivity index (χ0) is 14.7. The molecule has 0 saturated heterocycles. The van der Waals surface area contributed by atoms with E-state index < -0.39 is 27.9 Å². The molecule has 5 nitrogen and oxygen atoms in total. The minimum atomic E-state index is -1.24. The molecule has 0 bridgehead atoms. The molecule has 0 amide bonds. The first-order chi connectivity index (χ1) is 9.50. The molecule has 1 N–H and O–H groups in total. The lowest BCUT2D eigenvalue weighted by Gasteiger charge is -2.12. The average molecular weight is 299 g/mol. The molecular weight excluding hydrogens is 288 g/mol. The van der Waals surface area contributed by atoms with Crippen molar-refractivity contribution >= 4 is 22.7 Å². The molecule has 0 aliphatic carbocycles. The molecule has 2 rings (SSSR count). The standard InChI is InChI=1S/C12H11F2N3O2S/c1-7(12-15-4-5-20-12)6-16-11-9(17(18)19)3-2-8(13)10(11)14/h2-5,7,16H,6H2,1H3. The second kappa shape index (κ2) is 5.91. The van der Waals surface area contributed by atoms with Crippen LogP contribution >= 0.6 is 11.3 Å². The Labute approximate surface area is 117 Å². The number of aromatic nitrogens is 1. The van der Waals surface area contributed by atoms with E-state index >= 15 is 0 Å². The molecule has 0 aliphatic heterocycles. The van der Waals surface area contributed by atoms with Crippen LogP contribution in [0.3, 0.4) is 0 Å². The maximum Gasteiger partial charge on any atom is 0.295 e. The normalized spacial score (nSPS) is 12.2. The van der Waals surface area contributed by atoms with Crippen molar-refractivity contribution in [2.75, 3.05) is 11.9 Å². The molecular formula is C12H11F2N3O2S. The van der Waals surface area contributed by atoms with E-state index in [1.165, 1.54) is 11.3 Å². The monoisotopic (exact) mass is 299 g/mol. The fourth-order valence-electron chi connectivity index (χ4n) is 1.68. The van der Waals surface area contributed by atoms with Gasteiger partial charge in [0.25, 0.3) is 5.69 Å². The van der Waals surface area contributed by atoms with Gasteiger partial charge < -0.3 is 5.32 Å². The molecule has 1 unspecified atom stereocenters. The Balaban J connectivity index is 2.20. The quantitative estimate of drug-likeness (QED) is 0.677. The molecule has 106 valence electrons. The van der Waals surface area contributed by atoms with Crippen LogP contribution in [0.2, 0.25) is 0 Å². The largest absolute Gasteiger partial charge is 0.376 e. The van der Waals surface area contributed by atoms with E-state index in [4.69, 9.17) is 0 Å². The second-order valence-corrected chi connectivity index (χ2v) is 5.09. The molecule has 0 saturated carbocycles. The Morgan fingerprint density at radius 3 is 2.85 bits per heavy atom. The van der Waals surface area contributed by atoms with Crippen LogP contribution in [-0.2, 0) is 0 Å². The third kappa shape index (κ3) is 2.90. The van der Waals surface area contributed by atoms with Crippen LogP contribution in [0.1, 0.15) is 17.8 Å². The van der Waals surface area contributed by atoms with Crippen molar-refractivity contribution < 1.29 is 13.7 Å². The first kappa shape index (κ1) is 14.3. The van der Waals surface area contributed by atoms with Crippen LogP contribution in [0.5, 0.6) is 0 Å². The van der Waals surface area contributed by atoms with Crippen molar-refractivity contribution in [1.82, 2.24) is 4.98 Å². The van der Waals surface area contributed by atoms with Gasteiger partial charge in [-0.15, -0.1) is 11.3 Å². The summed E-state index contributed by atoms with van der Waals surface area (Å²) in [4.78, 5) is 14.2. The average Bonchev–Trinajstić information content (AvgIpc) is 2.93. The number of benzene rings is 1. The van der Waals surface area contributed by atoms with Gasteiger partial charge in [0, 0.05) is 30.1 Å². The maximum absolute atomic E-state index is 13.7. The van der Waals surface area contributed by atoms with Gasteiger partial charge in [-0.05, 0) is 6.07 Å². The smallest absolute Gasteiger partial charge is 0.295 e. The number of nitro groups is 1. The first-order valence-corrected chi connectivity index (χ1v) is 6.64. The number of nitrogens with one attached hydrogen (secondary N) is 1. The molecule has 1 heterocycles. The van der Waals surface area contributed by atoms with Gasteiger partial charge in [0.05, 0.1) is 9.93 Å². The van der Waals surface area contributed by atoms with Gasteiger partial charge in [0.1, 0.15) is 0 Å². The molecule has 1 aromatic carbocycles.